The van der Waals surface area contributed by atoms with Crippen molar-refractivity contribution in [1.29, 1.82) is 0 Å². The highest BCUT2D eigenvalue weighted by Gasteiger charge is 2.33. The molecule has 4 rings (SSSR count). The summed E-state index contributed by atoms with van der Waals surface area (Å²) in [5, 5.41) is 10.8. The van der Waals surface area contributed by atoms with Gasteiger partial charge in [0, 0.05) is 6.04 Å². The van der Waals surface area contributed by atoms with Gasteiger partial charge in [0.2, 0.25) is 0 Å². The molecule has 8 heteroatoms. The molecule has 1 saturated carbocycles. The van der Waals surface area contributed by atoms with Crippen LogP contribution in [0.25, 0.3) is 11.2 Å². The van der Waals surface area contributed by atoms with Crippen molar-refractivity contribution in [3.63, 3.8) is 0 Å². The van der Waals surface area contributed by atoms with E-state index in [9.17, 15) is 8.78 Å². The fourth-order valence-corrected chi connectivity index (χ4v) is 3.82. The lowest BCUT2D eigenvalue weighted by molar-refractivity contribution is 0.123. The van der Waals surface area contributed by atoms with Crippen LogP contribution in [0.15, 0.2) is 12.4 Å². The molecule has 0 amide bonds. The number of rotatable bonds is 4. The summed E-state index contributed by atoms with van der Waals surface area (Å²) in [5.74, 6) is 2.17. The zero-order valence-corrected chi connectivity index (χ0v) is 12.8. The Balaban J connectivity index is 1.50. The van der Waals surface area contributed by atoms with Gasteiger partial charge in [-0.2, -0.15) is 5.10 Å². The van der Waals surface area contributed by atoms with Crippen molar-refractivity contribution in [2.75, 3.05) is 18.4 Å². The van der Waals surface area contributed by atoms with Crippen molar-refractivity contribution < 1.29 is 8.78 Å². The molecule has 0 aromatic carbocycles. The van der Waals surface area contributed by atoms with E-state index in [0.29, 0.717) is 23.0 Å². The fraction of sp³-hybridized carbons (Fsp3) is 0.667. The first kappa shape index (κ1) is 14.7. The van der Waals surface area contributed by atoms with Gasteiger partial charge in [0.25, 0.3) is 6.43 Å². The summed E-state index contributed by atoms with van der Waals surface area (Å²) in [5.41, 5.74) is 0.950. The topological polar surface area (TPSA) is 67.7 Å². The number of nitrogens with zero attached hydrogens (tertiary/aromatic N) is 4. The Hall–Kier alpha value is -1.83. The van der Waals surface area contributed by atoms with Crippen molar-refractivity contribution in [3.05, 3.63) is 12.4 Å². The molecule has 124 valence electrons. The number of halogens is 2. The average molecular weight is 322 g/mol. The van der Waals surface area contributed by atoms with E-state index in [1.54, 1.807) is 6.20 Å². The molecule has 3 unspecified atom stereocenters. The highest BCUT2D eigenvalue weighted by molar-refractivity contribution is 5.71. The number of hydrogen-bond acceptors (Lipinski definition) is 5. The second kappa shape index (κ2) is 5.99. The first-order valence-corrected chi connectivity index (χ1v) is 8.13. The summed E-state index contributed by atoms with van der Waals surface area (Å²) in [7, 11) is 0. The van der Waals surface area contributed by atoms with Gasteiger partial charge < -0.3 is 10.6 Å². The number of anilines is 1. The lowest BCUT2D eigenvalue weighted by Gasteiger charge is -2.31. The van der Waals surface area contributed by atoms with E-state index in [2.05, 4.69) is 25.7 Å². The highest BCUT2D eigenvalue weighted by Crippen LogP contribution is 2.33. The van der Waals surface area contributed by atoms with Crippen LogP contribution in [0.3, 0.4) is 0 Å². The van der Waals surface area contributed by atoms with Crippen LogP contribution in [-0.4, -0.2) is 45.3 Å². The molecule has 2 aromatic rings. The third kappa shape index (κ3) is 2.99. The molecule has 1 saturated heterocycles. The molecule has 3 heterocycles. The number of alkyl halides is 2. The van der Waals surface area contributed by atoms with Gasteiger partial charge in [0.15, 0.2) is 5.65 Å². The van der Waals surface area contributed by atoms with Crippen LogP contribution >= 0.6 is 0 Å². The van der Waals surface area contributed by atoms with Gasteiger partial charge in [-0.1, -0.05) is 0 Å². The van der Waals surface area contributed by atoms with Gasteiger partial charge in [0.05, 0.1) is 12.4 Å². The largest absolute Gasteiger partial charge is 0.366 e. The Labute approximate surface area is 132 Å². The van der Waals surface area contributed by atoms with E-state index < -0.39 is 13.0 Å². The molecule has 6 nitrogen and oxygen atoms in total. The van der Waals surface area contributed by atoms with E-state index in [4.69, 9.17) is 0 Å². The van der Waals surface area contributed by atoms with Crippen molar-refractivity contribution in [1.82, 2.24) is 25.1 Å². The molecule has 1 aliphatic heterocycles. The lowest BCUT2D eigenvalue weighted by Crippen LogP contribution is -2.32. The van der Waals surface area contributed by atoms with Crippen molar-refractivity contribution >= 4 is 17.0 Å². The maximum Gasteiger partial charge on any atom is 0.258 e. The molecule has 2 aromatic heterocycles. The van der Waals surface area contributed by atoms with Gasteiger partial charge in [-0.25, -0.2) is 23.4 Å². The monoisotopic (exact) mass is 322 g/mol. The molecule has 2 N–H and O–H groups in total. The van der Waals surface area contributed by atoms with Crippen LogP contribution in [0.1, 0.15) is 19.3 Å². The smallest absolute Gasteiger partial charge is 0.258 e. The fourth-order valence-electron chi connectivity index (χ4n) is 3.82. The molecule has 23 heavy (non-hydrogen) atoms. The van der Waals surface area contributed by atoms with Gasteiger partial charge in [-0.3, -0.25) is 0 Å². The minimum Gasteiger partial charge on any atom is -0.366 e. The Kier molecular flexibility index (Phi) is 3.84. The van der Waals surface area contributed by atoms with E-state index in [-0.39, 0.29) is 0 Å². The quantitative estimate of drug-likeness (QED) is 0.900. The normalized spacial score (nSPS) is 27.5. The van der Waals surface area contributed by atoms with Crippen LogP contribution in [0.2, 0.25) is 0 Å². The molecular weight excluding hydrogens is 302 g/mol. The Morgan fingerprint density at radius 2 is 2.13 bits per heavy atom. The van der Waals surface area contributed by atoms with Crippen molar-refractivity contribution in [3.8, 4) is 0 Å². The number of aromatic nitrogens is 4. The summed E-state index contributed by atoms with van der Waals surface area (Å²) >= 11 is 0. The Morgan fingerprint density at radius 1 is 1.26 bits per heavy atom. The zero-order chi connectivity index (χ0) is 15.8. The molecule has 1 aliphatic carbocycles. The number of fused-ring (bicyclic) bond motifs is 2. The van der Waals surface area contributed by atoms with Crippen molar-refractivity contribution in [2.45, 2.75) is 38.3 Å². The SMILES string of the molecule is FC(F)Cn1ncc2ncc(NC3CCC4CNCC4C3)nc21. The molecule has 3 atom stereocenters. The number of nitrogens with one attached hydrogen (secondary N) is 2. The van der Waals surface area contributed by atoms with E-state index in [1.165, 1.54) is 17.3 Å². The predicted molar refractivity (Wildman–Crippen MR) is 82.4 cm³/mol. The summed E-state index contributed by atoms with van der Waals surface area (Å²) in [4.78, 5) is 8.72. The third-order valence-corrected chi connectivity index (χ3v) is 4.96. The predicted octanol–water partition coefficient (Wildman–Crippen LogP) is 1.89. The van der Waals surface area contributed by atoms with E-state index >= 15 is 0 Å². The van der Waals surface area contributed by atoms with Crippen LogP contribution in [0.5, 0.6) is 0 Å². The summed E-state index contributed by atoms with van der Waals surface area (Å²) in [6, 6.07) is 0.370. The lowest BCUT2D eigenvalue weighted by atomic mass is 9.79. The minimum atomic E-state index is -2.46. The minimum absolute atomic E-state index is 0.370. The zero-order valence-electron chi connectivity index (χ0n) is 12.8. The maximum atomic E-state index is 12.6. The van der Waals surface area contributed by atoms with Crippen molar-refractivity contribution in [2.24, 2.45) is 11.8 Å². The molecular formula is C15H20F2N6. The Bertz CT molecular complexity index is 688. The maximum absolute atomic E-state index is 12.6. The van der Waals surface area contributed by atoms with Crippen LogP contribution in [0, 0.1) is 11.8 Å². The van der Waals surface area contributed by atoms with Gasteiger partial charge in [-0.05, 0) is 44.2 Å². The molecule has 0 bridgehead atoms. The highest BCUT2D eigenvalue weighted by atomic mass is 19.3. The average Bonchev–Trinajstić information content (AvgIpc) is 3.13. The standard InChI is InChI=1S/C15H20F2N6/c16-13(17)8-23-15-12(6-20-23)19-7-14(22-15)21-11-2-1-9-4-18-5-10(9)3-11/h6-7,9-11,13,18H,1-5,8H2,(H,21,22). The van der Waals surface area contributed by atoms with E-state index in [1.807, 2.05) is 0 Å². The summed E-state index contributed by atoms with van der Waals surface area (Å²) in [6.07, 6.45) is 4.13. The summed E-state index contributed by atoms with van der Waals surface area (Å²) in [6.45, 7) is 1.77. The molecule has 2 aliphatic rings. The Morgan fingerprint density at radius 3 is 3.00 bits per heavy atom. The molecule has 2 fully saturated rings. The molecule has 0 spiro atoms. The molecule has 0 radical (unpaired) electrons. The van der Waals surface area contributed by atoms with Crippen LogP contribution in [-0.2, 0) is 6.54 Å². The van der Waals surface area contributed by atoms with Crippen LogP contribution in [0.4, 0.5) is 14.6 Å². The van der Waals surface area contributed by atoms with Gasteiger partial charge in [0.1, 0.15) is 17.9 Å². The summed E-state index contributed by atoms with van der Waals surface area (Å²) < 4.78 is 26.4. The third-order valence-electron chi connectivity index (χ3n) is 4.96. The number of hydrogen-bond donors (Lipinski definition) is 2. The van der Waals surface area contributed by atoms with Gasteiger partial charge >= 0.3 is 0 Å². The second-order valence-corrected chi connectivity index (χ2v) is 6.51. The van der Waals surface area contributed by atoms with Gasteiger partial charge in [-0.15, -0.1) is 0 Å². The van der Waals surface area contributed by atoms with Crippen LogP contribution < -0.4 is 10.6 Å². The first-order valence-electron chi connectivity index (χ1n) is 8.13. The first-order chi connectivity index (χ1) is 11.2. The van der Waals surface area contributed by atoms with E-state index in [0.717, 1.165) is 37.8 Å². The second-order valence-electron chi connectivity index (χ2n) is 6.51.